The molecule has 0 aliphatic carbocycles. The van der Waals surface area contributed by atoms with Crippen LogP contribution in [0.4, 0.5) is 17.1 Å². The molecule has 0 saturated heterocycles. The molecule has 0 saturated carbocycles. The van der Waals surface area contributed by atoms with E-state index in [9.17, 15) is 4.79 Å². The molecule has 0 unspecified atom stereocenters. The van der Waals surface area contributed by atoms with Gasteiger partial charge in [0.1, 0.15) is 11.9 Å². The van der Waals surface area contributed by atoms with Gasteiger partial charge in [0.05, 0.1) is 16.4 Å². The van der Waals surface area contributed by atoms with Crippen LogP contribution in [0.2, 0.25) is 5.02 Å². The van der Waals surface area contributed by atoms with Gasteiger partial charge in [-0.2, -0.15) is 0 Å². The summed E-state index contributed by atoms with van der Waals surface area (Å²) in [5, 5.41) is 11.6. The molecule has 4 N–H and O–H groups in total. The topological polar surface area (TPSA) is 87.7 Å². The molecule has 1 aromatic rings. The normalized spacial score (nSPS) is 10.5. The summed E-state index contributed by atoms with van der Waals surface area (Å²) in [6, 6.07) is 3.18. The van der Waals surface area contributed by atoms with Crippen molar-refractivity contribution in [3.63, 3.8) is 0 Å². The van der Waals surface area contributed by atoms with Gasteiger partial charge in [0.2, 0.25) is 0 Å². The van der Waals surface area contributed by atoms with Gasteiger partial charge in [-0.1, -0.05) is 11.6 Å². The molecule has 0 atom stereocenters. The van der Waals surface area contributed by atoms with Gasteiger partial charge in [-0.25, -0.2) is 9.79 Å². The second-order valence-electron chi connectivity index (χ2n) is 2.71. The largest absolute Gasteiger partial charge is 0.477 e. The van der Waals surface area contributed by atoms with Crippen LogP contribution in [0.1, 0.15) is 0 Å². The van der Waals surface area contributed by atoms with E-state index in [0.717, 1.165) is 6.21 Å². The number of carbonyl (C=O) groups is 1. The lowest BCUT2D eigenvalue weighted by atomic mass is 10.2. The molecule has 0 amide bonds. The van der Waals surface area contributed by atoms with Crippen molar-refractivity contribution in [3.8, 4) is 0 Å². The molecule has 0 bridgehead atoms. The lowest BCUT2D eigenvalue weighted by Crippen LogP contribution is -1.98. The highest BCUT2D eigenvalue weighted by atomic mass is 35.5. The molecule has 5 nitrogen and oxygen atoms in total. The van der Waals surface area contributed by atoms with Crippen LogP contribution in [0, 0.1) is 0 Å². The van der Waals surface area contributed by atoms with Crippen LogP contribution in [0.15, 0.2) is 17.1 Å². The average molecular weight is 228 g/mol. The van der Waals surface area contributed by atoms with Crippen molar-refractivity contribution in [1.82, 2.24) is 0 Å². The highest BCUT2D eigenvalue weighted by molar-refractivity contribution is 6.34. The first-order valence-corrected chi connectivity index (χ1v) is 4.46. The zero-order valence-corrected chi connectivity index (χ0v) is 8.75. The number of carboxylic acids is 1. The number of nitrogens with zero attached hydrogens (tertiary/aromatic N) is 1. The predicted octanol–water partition coefficient (Wildman–Crippen LogP) is 1.75. The summed E-state index contributed by atoms with van der Waals surface area (Å²) < 4.78 is 0. The molecule has 0 aliphatic heterocycles. The lowest BCUT2D eigenvalue weighted by Gasteiger charge is -2.09. The second kappa shape index (κ2) is 4.65. The molecule has 0 aliphatic rings. The van der Waals surface area contributed by atoms with E-state index in [2.05, 4.69) is 10.3 Å². The van der Waals surface area contributed by atoms with Crippen molar-refractivity contribution in [3.05, 3.63) is 17.2 Å². The molecule has 0 radical (unpaired) electrons. The Morgan fingerprint density at radius 1 is 1.67 bits per heavy atom. The number of hydrogen-bond donors (Lipinski definition) is 3. The summed E-state index contributed by atoms with van der Waals surface area (Å²) in [5.41, 5.74) is 6.96. The second-order valence-corrected chi connectivity index (χ2v) is 3.11. The maximum atomic E-state index is 10.3. The van der Waals surface area contributed by atoms with E-state index in [1.165, 1.54) is 0 Å². The molecular weight excluding hydrogens is 218 g/mol. The summed E-state index contributed by atoms with van der Waals surface area (Å²) in [6.07, 6.45) is 0.765. The van der Waals surface area contributed by atoms with E-state index in [4.69, 9.17) is 22.4 Å². The number of benzene rings is 1. The van der Waals surface area contributed by atoms with E-state index < -0.39 is 5.97 Å². The first-order valence-electron chi connectivity index (χ1n) is 4.09. The molecule has 6 heteroatoms. The molecule has 0 spiro atoms. The zero-order chi connectivity index (χ0) is 11.4. The Morgan fingerprint density at radius 2 is 2.33 bits per heavy atom. The predicted molar refractivity (Wildman–Crippen MR) is 61.2 cm³/mol. The van der Waals surface area contributed by atoms with Gasteiger partial charge in [-0.15, -0.1) is 0 Å². The van der Waals surface area contributed by atoms with E-state index >= 15 is 0 Å². The summed E-state index contributed by atoms with van der Waals surface area (Å²) in [5.74, 6) is -1.14. The van der Waals surface area contributed by atoms with E-state index in [1.807, 2.05) is 0 Å². The Morgan fingerprint density at radius 3 is 2.87 bits per heavy atom. The molecule has 15 heavy (non-hydrogen) atoms. The van der Waals surface area contributed by atoms with E-state index in [0.29, 0.717) is 22.1 Å². The molecule has 1 aromatic carbocycles. The van der Waals surface area contributed by atoms with Crippen LogP contribution >= 0.6 is 11.6 Å². The van der Waals surface area contributed by atoms with Gasteiger partial charge < -0.3 is 16.2 Å². The number of nitrogens with one attached hydrogen (secondary N) is 1. The Hall–Kier alpha value is -1.75. The smallest absolute Gasteiger partial charge is 0.346 e. The zero-order valence-electron chi connectivity index (χ0n) is 7.99. The van der Waals surface area contributed by atoms with Crippen molar-refractivity contribution in [2.45, 2.75) is 0 Å². The molecule has 0 aromatic heterocycles. The lowest BCUT2D eigenvalue weighted by molar-refractivity contribution is -0.128. The Balaban J connectivity index is 3.25. The van der Waals surface area contributed by atoms with Crippen molar-refractivity contribution in [2.75, 3.05) is 18.1 Å². The maximum absolute atomic E-state index is 10.3. The fourth-order valence-corrected chi connectivity index (χ4v) is 1.30. The molecular formula is C9H10ClN3O2. The number of rotatable bonds is 3. The maximum Gasteiger partial charge on any atom is 0.346 e. The van der Waals surface area contributed by atoms with Crippen LogP contribution in [0.5, 0.6) is 0 Å². The van der Waals surface area contributed by atoms with Gasteiger partial charge in [0.15, 0.2) is 0 Å². The van der Waals surface area contributed by atoms with Crippen molar-refractivity contribution >= 4 is 40.8 Å². The third-order valence-corrected chi connectivity index (χ3v) is 2.02. The number of nitrogens with two attached hydrogens (primary N) is 1. The molecule has 0 heterocycles. The fourth-order valence-electron chi connectivity index (χ4n) is 1.09. The number of carboxylic acid groups (broad SMARTS) is 1. The van der Waals surface area contributed by atoms with Crippen molar-refractivity contribution in [2.24, 2.45) is 4.99 Å². The van der Waals surface area contributed by atoms with Gasteiger partial charge in [-0.3, -0.25) is 0 Å². The number of anilines is 2. The minimum absolute atomic E-state index is 0.321. The number of nitrogen functional groups attached to an aromatic ring is 1. The Labute approximate surface area is 91.6 Å². The van der Waals surface area contributed by atoms with Crippen LogP contribution in [0.25, 0.3) is 0 Å². The SMILES string of the molecule is CNc1c(N)ccc(Cl)c1N=CC(=O)O. The summed E-state index contributed by atoms with van der Waals surface area (Å²) >= 11 is 5.86. The highest BCUT2D eigenvalue weighted by Gasteiger charge is 2.08. The molecule has 80 valence electrons. The first-order chi connectivity index (χ1) is 7.06. The summed E-state index contributed by atoms with van der Waals surface area (Å²) in [6.45, 7) is 0. The number of aliphatic carboxylic acids is 1. The standard InChI is InChI=1S/C9H10ClN3O2/c1-12-9-6(11)3-2-5(10)8(9)13-4-7(14)15/h2-4,12H,11H2,1H3,(H,14,15). The first kappa shape index (κ1) is 11.3. The third kappa shape index (κ3) is 2.60. The van der Waals surface area contributed by atoms with Gasteiger partial charge >= 0.3 is 5.97 Å². The van der Waals surface area contributed by atoms with Crippen molar-refractivity contribution < 1.29 is 9.90 Å². The fraction of sp³-hybridized carbons (Fsp3) is 0.111. The molecule has 1 rings (SSSR count). The van der Waals surface area contributed by atoms with Crippen LogP contribution < -0.4 is 11.1 Å². The minimum atomic E-state index is -1.14. The van der Waals surface area contributed by atoms with Crippen molar-refractivity contribution in [1.29, 1.82) is 0 Å². The number of hydrogen-bond acceptors (Lipinski definition) is 4. The van der Waals surface area contributed by atoms with Crippen LogP contribution in [-0.2, 0) is 4.79 Å². The molecule has 0 fully saturated rings. The summed E-state index contributed by atoms with van der Waals surface area (Å²) in [7, 11) is 1.65. The monoisotopic (exact) mass is 227 g/mol. The Kier molecular flexibility index (Phi) is 3.51. The number of aliphatic imine (C=N–C) groups is 1. The van der Waals surface area contributed by atoms with Gasteiger partial charge in [-0.05, 0) is 12.1 Å². The quantitative estimate of drug-likeness (QED) is 0.542. The average Bonchev–Trinajstić information content (AvgIpc) is 2.19. The highest BCUT2D eigenvalue weighted by Crippen LogP contribution is 2.37. The number of halogens is 1. The van der Waals surface area contributed by atoms with Crippen LogP contribution in [0.3, 0.4) is 0 Å². The van der Waals surface area contributed by atoms with E-state index in [1.54, 1.807) is 19.2 Å². The Bertz CT molecular complexity index is 418. The van der Waals surface area contributed by atoms with Gasteiger partial charge in [0, 0.05) is 7.05 Å². The van der Waals surface area contributed by atoms with E-state index in [-0.39, 0.29) is 0 Å². The van der Waals surface area contributed by atoms with Crippen LogP contribution in [-0.4, -0.2) is 24.3 Å². The van der Waals surface area contributed by atoms with Gasteiger partial charge in [0.25, 0.3) is 0 Å². The third-order valence-electron chi connectivity index (χ3n) is 1.72. The minimum Gasteiger partial charge on any atom is -0.477 e. The summed E-state index contributed by atoms with van der Waals surface area (Å²) in [4.78, 5) is 14.1.